The number of hydrogen-bond donors (Lipinski definition) is 1. The number of nitro groups is 1. The highest BCUT2D eigenvalue weighted by Crippen LogP contribution is 2.22. The van der Waals surface area contributed by atoms with E-state index in [-0.39, 0.29) is 5.69 Å². The molecule has 0 fully saturated rings. The Morgan fingerprint density at radius 2 is 2.31 bits per heavy atom. The molecular formula is C7H6IN3O2. The summed E-state index contributed by atoms with van der Waals surface area (Å²) in [5.41, 5.74) is 0.718. The lowest BCUT2D eigenvalue weighted by Gasteiger charge is -1.97. The molecule has 0 aliphatic heterocycles. The highest BCUT2D eigenvalue weighted by Gasteiger charge is 2.12. The second-order valence-electron chi connectivity index (χ2n) is 2.22. The first-order valence-electron chi connectivity index (χ1n) is 3.33. The van der Waals surface area contributed by atoms with E-state index in [4.69, 9.17) is 5.84 Å². The second kappa shape index (κ2) is 4.17. The van der Waals surface area contributed by atoms with Crippen LogP contribution in [0.1, 0.15) is 5.56 Å². The van der Waals surface area contributed by atoms with E-state index in [2.05, 4.69) is 5.10 Å². The highest BCUT2D eigenvalue weighted by atomic mass is 127. The maximum Gasteiger partial charge on any atom is 0.283 e. The number of nitrogens with two attached hydrogens (primary N) is 1. The van der Waals surface area contributed by atoms with Crippen molar-refractivity contribution in [2.24, 2.45) is 10.9 Å². The van der Waals surface area contributed by atoms with E-state index < -0.39 is 4.92 Å². The van der Waals surface area contributed by atoms with Crippen LogP contribution in [0.5, 0.6) is 0 Å². The Labute approximate surface area is 87.9 Å². The number of nitrogens with zero attached hydrogens (tertiary/aromatic N) is 2. The molecule has 0 radical (unpaired) electrons. The molecule has 0 amide bonds. The summed E-state index contributed by atoms with van der Waals surface area (Å²) >= 11 is 1.89. The van der Waals surface area contributed by atoms with Gasteiger partial charge in [-0.2, -0.15) is 5.10 Å². The molecule has 68 valence electrons. The molecule has 0 bridgehead atoms. The smallest absolute Gasteiger partial charge is 0.283 e. The third-order valence-electron chi connectivity index (χ3n) is 1.42. The van der Waals surface area contributed by atoms with Crippen LogP contribution in [0.2, 0.25) is 0 Å². The van der Waals surface area contributed by atoms with Crippen molar-refractivity contribution in [3.05, 3.63) is 37.4 Å². The van der Waals surface area contributed by atoms with Crippen LogP contribution in [0.3, 0.4) is 0 Å². The minimum Gasteiger partial charge on any atom is -0.323 e. The molecule has 6 heteroatoms. The molecule has 1 rings (SSSR count). The first-order chi connectivity index (χ1) is 6.16. The van der Waals surface area contributed by atoms with Crippen LogP contribution >= 0.6 is 22.6 Å². The number of rotatable bonds is 2. The molecule has 1 aromatic carbocycles. The van der Waals surface area contributed by atoms with E-state index >= 15 is 0 Å². The zero-order chi connectivity index (χ0) is 9.84. The predicted molar refractivity (Wildman–Crippen MR) is 57.6 cm³/mol. The molecule has 13 heavy (non-hydrogen) atoms. The Morgan fingerprint density at radius 1 is 1.62 bits per heavy atom. The van der Waals surface area contributed by atoms with Crippen molar-refractivity contribution < 1.29 is 4.92 Å². The zero-order valence-electron chi connectivity index (χ0n) is 6.48. The number of hydrogen-bond acceptors (Lipinski definition) is 4. The quantitative estimate of drug-likeness (QED) is 0.295. The molecule has 0 aliphatic rings. The number of benzene rings is 1. The van der Waals surface area contributed by atoms with Gasteiger partial charge in [0.05, 0.1) is 14.7 Å². The Kier molecular flexibility index (Phi) is 3.18. The molecule has 0 saturated carbocycles. The van der Waals surface area contributed by atoms with Crippen LogP contribution < -0.4 is 5.84 Å². The first kappa shape index (κ1) is 9.90. The summed E-state index contributed by atoms with van der Waals surface area (Å²) in [6, 6.07) is 4.75. The van der Waals surface area contributed by atoms with E-state index in [0.29, 0.717) is 9.13 Å². The fraction of sp³-hybridized carbons (Fsp3) is 0. The van der Waals surface area contributed by atoms with Gasteiger partial charge in [-0.1, -0.05) is 12.1 Å². The molecule has 0 aromatic heterocycles. The van der Waals surface area contributed by atoms with Gasteiger partial charge in [0.25, 0.3) is 5.69 Å². The van der Waals surface area contributed by atoms with Gasteiger partial charge in [-0.25, -0.2) is 0 Å². The SMILES string of the molecule is NN=Cc1cccc([N+](=O)[O-])c1I. The minimum absolute atomic E-state index is 0.0676. The van der Waals surface area contributed by atoms with Gasteiger partial charge in [0, 0.05) is 11.6 Å². The number of nitro benzene ring substituents is 1. The molecular weight excluding hydrogens is 285 g/mol. The van der Waals surface area contributed by atoms with Crippen LogP contribution in [0, 0.1) is 13.7 Å². The van der Waals surface area contributed by atoms with E-state index in [0.717, 1.165) is 0 Å². The van der Waals surface area contributed by atoms with Gasteiger partial charge in [-0.3, -0.25) is 10.1 Å². The third kappa shape index (κ3) is 2.14. The minimum atomic E-state index is -0.435. The Balaban J connectivity index is 3.26. The molecule has 0 aliphatic carbocycles. The molecule has 0 atom stereocenters. The van der Waals surface area contributed by atoms with Crippen LogP contribution in [-0.2, 0) is 0 Å². The molecule has 0 heterocycles. The van der Waals surface area contributed by atoms with Gasteiger partial charge >= 0.3 is 0 Å². The van der Waals surface area contributed by atoms with E-state index in [9.17, 15) is 10.1 Å². The van der Waals surface area contributed by atoms with Crippen molar-refractivity contribution in [3.63, 3.8) is 0 Å². The van der Waals surface area contributed by atoms with Crippen LogP contribution in [0.25, 0.3) is 0 Å². The summed E-state index contributed by atoms with van der Waals surface area (Å²) in [7, 11) is 0. The predicted octanol–water partition coefficient (Wildman–Crippen LogP) is 1.49. The van der Waals surface area contributed by atoms with Gasteiger partial charge in [-0.15, -0.1) is 0 Å². The maximum atomic E-state index is 10.5. The lowest BCUT2D eigenvalue weighted by Crippen LogP contribution is -1.96. The summed E-state index contributed by atoms with van der Waals surface area (Å²) in [4.78, 5) is 10.1. The molecule has 0 spiro atoms. The lowest BCUT2D eigenvalue weighted by molar-refractivity contribution is -0.385. The van der Waals surface area contributed by atoms with Gasteiger partial charge in [0.1, 0.15) is 0 Å². The topological polar surface area (TPSA) is 81.5 Å². The van der Waals surface area contributed by atoms with E-state index in [1.807, 2.05) is 22.6 Å². The lowest BCUT2D eigenvalue weighted by atomic mass is 10.2. The molecule has 5 nitrogen and oxygen atoms in total. The summed E-state index contributed by atoms with van der Waals surface area (Å²) < 4.78 is 0.541. The fourth-order valence-corrected chi connectivity index (χ4v) is 1.55. The summed E-state index contributed by atoms with van der Waals surface area (Å²) in [5.74, 6) is 4.95. The van der Waals surface area contributed by atoms with E-state index in [1.165, 1.54) is 12.3 Å². The van der Waals surface area contributed by atoms with Crippen LogP contribution in [0.15, 0.2) is 23.3 Å². The van der Waals surface area contributed by atoms with E-state index in [1.54, 1.807) is 12.1 Å². The van der Waals surface area contributed by atoms with Crippen molar-refractivity contribution in [3.8, 4) is 0 Å². The number of hydrazone groups is 1. The summed E-state index contributed by atoms with van der Waals surface area (Å²) in [6.07, 6.45) is 1.38. The highest BCUT2D eigenvalue weighted by molar-refractivity contribution is 14.1. The van der Waals surface area contributed by atoms with Gasteiger partial charge in [-0.05, 0) is 22.6 Å². The molecule has 0 unspecified atom stereocenters. The third-order valence-corrected chi connectivity index (χ3v) is 2.59. The monoisotopic (exact) mass is 291 g/mol. The standard InChI is InChI=1S/C7H6IN3O2/c8-7-5(4-10-9)2-1-3-6(7)11(12)13/h1-4H,9H2. The van der Waals surface area contributed by atoms with Gasteiger partial charge in [0.2, 0.25) is 0 Å². The maximum absolute atomic E-state index is 10.5. The normalized spacial score (nSPS) is 10.5. The fourth-order valence-electron chi connectivity index (χ4n) is 0.858. The summed E-state index contributed by atoms with van der Waals surface area (Å²) in [5, 5.41) is 13.8. The zero-order valence-corrected chi connectivity index (χ0v) is 8.63. The van der Waals surface area contributed by atoms with Gasteiger partial charge < -0.3 is 5.84 Å². The second-order valence-corrected chi connectivity index (χ2v) is 3.29. The number of halogens is 1. The Morgan fingerprint density at radius 3 is 2.85 bits per heavy atom. The largest absolute Gasteiger partial charge is 0.323 e. The van der Waals surface area contributed by atoms with Crippen molar-refractivity contribution in [1.29, 1.82) is 0 Å². The van der Waals surface area contributed by atoms with Crippen molar-refractivity contribution >= 4 is 34.5 Å². The van der Waals surface area contributed by atoms with Crippen LogP contribution in [0.4, 0.5) is 5.69 Å². The van der Waals surface area contributed by atoms with Crippen molar-refractivity contribution in [2.75, 3.05) is 0 Å². The molecule has 2 N–H and O–H groups in total. The Hall–Kier alpha value is -1.18. The molecule has 0 saturated heterocycles. The summed E-state index contributed by atoms with van der Waals surface area (Å²) in [6.45, 7) is 0. The first-order valence-corrected chi connectivity index (χ1v) is 4.41. The van der Waals surface area contributed by atoms with Gasteiger partial charge in [0.15, 0.2) is 0 Å². The molecule has 1 aromatic rings. The Bertz CT molecular complexity index is 365. The van der Waals surface area contributed by atoms with Crippen molar-refractivity contribution in [2.45, 2.75) is 0 Å². The average molecular weight is 291 g/mol. The average Bonchev–Trinajstić information content (AvgIpc) is 2.08. The van der Waals surface area contributed by atoms with Crippen LogP contribution in [-0.4, -0.2) is 11.1 Å². The van der Waals surface area contributed by atoms with Crippen molar-refractivity contribution in [1.82, 2.24) is 0 Å².